The van der Waals surface area contributed by atoms with Crippen molar-refractivity contribution in [2.24, 2.45) is 5.73 Å². The van der Waals surface area contributed by atoms with Crippen molar-refractivity contribution in [3.8, 4) is 0 Å². The van der Waals surface area contributed by atoms with Gasteiger partial charge >= 0.3 is 0 Å². The van der Waals surface area contributed by atoms with Gasteiger partial charge in [0.25, 0.3) is 0 Å². The Balaban J connectivity index is 2.28. The molecule has 0 aromatic heterocycles. The Labute approximate surface area is 126 Å². The van der Waals surface area contributed by atoms with Crippen LogP contribution in [0.5, 0.6) is 0 Å². The summed E-state index contributed by atoms with van der Waals surface area (Å²) in [5.74, 6) is -2.36. The summed E-state index contributed by atoms with van der Waals surface area (Å²) in [6, 6.07) is 11.3. The Morgan fingerprint density at radius 2 is 1.55 bits per heavy atom. The number of rotatable bonds is 4. The highest BCUT2D eigenvalue weighted by molar-refractivity contribution is 5.98. The van der Waals surface area contributed by atoms with Crippen LogP contribution in [0.3, 0.4) is 0 Å². The molecular weight excluding hydrogens is 288 g/mol. The predicted molar refractivity (Wildman–Crippen MR) is 79.3 cm³/mol. The fourth-order valence-corrected chi connectivity index (χ4v) is 2.13. The zero-order valence-corrected chi connectivity index (χ0v) is 11.6. The minimum absolute atomic E-state index is 0.283. The van der Waals surface area contributed by atoms with Crippen LogP contribution in [-0.2, 0) is 11.2 Å². The third-order valence-corrected chi connectivity index (χ3v) is 3.20. The summed E-state index contributed by atoms with van der Waals surface area (Å²) in [5.41, 5.74) is 6.52. The van der Waals surface area contributed by atoms with Crippen LogP contribution in [0.4, 0.5) is 8.78 Å². The van der Waals surface area contributed by atoms with E-state index in [-0.39, 0.29) is 12.2 Å². The Morgan fingerprint density at radius 1 is 1.05 bits per heavy atom. The maximum absolute atomic E-state index is 13.0. The van der Waals surface area contributed by atoms with Crippen molar-refractivity contribution in [3.05, 3.63) is 71.3 Å². The zero-order valence-electron chi connectivity index (χ0n) is 11.6. The van der Waals surface area contributed by atoms with E-state index in [4.69, 9.17) is 11.1 Å². The summed E-state index contributed by atoms with van der Waals surface area (Å²) in [5, 5.41) is 9.40. The van der Waals surface area contributed by atoms with Gasteiger partial charge in [0.15, 0.2) is 5.96 Å². The molecule has 1 amide bonds. The normalized spacial score (nSPS) is 11.7. The maximum Gasteiger partial charge on any atom is 0.234 e. The van der Waals surface area contributed by atoms with Gasteiger partial charge < -0.3 is 5.73 Å². The van der Waals surface area contributed by atoms with Crippen LogP contribution in [0.1, 0.15) is 17.0 Å². The van der Waals surface area contributed by atoms with E-state index in [1.165, 1.54) is 36.4 Å². The van der Waals surface area contributed by atoms with Gasteiger partial charge in [-0.2, -0.15) is 0 Å². The van der Waals surface area contributed by atoms with Crippen molar-refractivity contribution >= 4 is 11.9 Å². The number of benzene rings is 2. The zero-order chi connectivity index (χ0) is 16.1. The van der Waals surface area contributed by atoms with E-state index in [1.807, 2.05) is 0 Å². The maximum atomic E-state index is 13.0. The van der Waals surface area contributed by atoms with Crippen LogP contribution in [0, 0.1) is 17.0 Å². The van der Waals surface area contributed by atoms with E-state index in [9.17, 15) is 13.6 Å². The number of hydrogen-bond acceptors (Lipinski definition) is 2. The van der Waals surface area contributed by atoms with E-state index >= 15 is 0 Å². The first kappa shape index (κ1) is 15.6. The summed E-state index contributed by atoms with van der Waals surface area (Å²) in [7, 11) is 0. The number of carbonyl (C=O) groups excluding carboxylic acids is 1. The summed E-state index contributed by atoms with van der Waals surface area (Å²) < 4.78 is 26.0. The van der Waals surface area contributed by atoms with Gasteiger partial charge in [-0.05, 0) is 41.8 Å². The molecule has 2 rings (SSSR count). The first-order valence-corrected chi connectivity index (χ1v) is 6.60. The van der Waals surface area contributed by atoms with Gasteiger partial charge in [0.2, 0.25) is 5.91 Å². The number of hydrogen-bond donors (Lipinski definition) is 3. The molecule has 114 valence electrons. The summed E-state index contributed by atoms with van der Waals surface area (Å²) in [6.07, 6.45) is 0.283. The number of guanidine groups is 1. The van der Waals surface area contributed by atoms with E-state index in [0.29, 0.717) is 5.56 Å². The monoisotopic (exact) mass is 303 g/mol. The number of carbonyl (C=O) groups is 1. The highest BCUT2D eigenvalue weighted by Crippen LogP contribution is 2.22. The van der Waals surface area contributed by atoms with E-state index in [2.05, 4.69) is 5.32 Å². The average molecular weight is 303 g/mol. The van der Waals surface area contributed by atoms with Gasteiger partial charge in [-0.15, -0.1) is 0 Å². The molecule has 0 fully saturated rings. The third kappa shape index (κ3) is 4.12. The second kappa shape index (κ2) is 6.80. The lowest BCUT2D eigenvalue weighted by atomic mass is 9.91. The number of amides is 1. The SMILES string of the molecule is N=C(N)NC(=O)[C@@H](Cc1ccc(F)cc1)c1ccc(F)cc1. The van der Waals surface area contributed by atoms with Crippen molar-refractivity contribution < 1.29 is 13.6 Å². The molecular formula is C16H15F2N3O. The quantitative estimate of drug-likeness (QED) is 0.598. The van der Waals surface area contributed by atoms with Crippen molar-refractivity contribution in [1.29, 1.82) is 5.41 Å². The highest BCUT2D eigenvalue weighted by atomic mass is 19.1. The Kier molecular flexibility index (Phi) is 4.83. The van der Waals surface area contributed by atoms with Crippen LogP contribution in [0.2, 0.25) is 0 Å². The van der Waals surface area contributed by atoms with Crippen LogP contribution in [-0.4, -0.2) is 11.9 Å². The molecule has 1 atom stereocenters. The summed E-state index contributed by atoms with van der Waals surface area (Å²) >= 11 is 0. The predicted octanol–water partition coefficient (Wildman–Crippen LogP) is 2.30. The van der Waals surface area contributed by atoms with Crippen LogP contribution in [0.15, 0.2) is 48.5 Å². The Morgan fingerprint density at radius 3 is 2.05 bits per heavy atom. The van der Waals surface area contributed by atoms with Crippen molar-refractivity contribution in [1.82, 2.24) is 5.32 Å². The first-order valence-electron chi connectivity index (χ1n) is 6.60. The molecule has 0 aliphatic heterocycles. The van der Waals surface area contributed by atoms with E-state index in [1.54, 1.807) is 12.1 Å². The fraction of sp³-hybridized carbons (Fsp3) is 0.125. The Hall–Kier alpha value is -2.76. The largest absolute Gasteiger partial charge is 0.370 e. The lowest BCUT2D eigenvalue weighted by Crippen LogP contribution is -2.39. The van der Waals surface area contributed by atoms with Crippen molar-refractivity contribution in [2.75, 3.05) is 0 Å². The second-order valence-electron chi connectivity index (χ2n) is 4.84. The molecule has 0 saturated carbocycles. The molecule has 0 spiro atoms. The number of halogens is 2. The minimum Gasteiger partial charge on any atom is -0.370 e. The average Bonchev–Trinajstić information content (AvgIpc) is 2.47. The summed E-state index contributed by atoms with van der Waals surface area (Å²) in [4.78, 5) is 12.2. The number of nitrogens with one attached hydrogen (secondary N) is 2. The molecule has 0 bridgehead atoms. The standard InChI is InChI=1S/C16H15F2N3O/c17-12-5-1-10(2-6-12)9-14(15(22)21-16(19)20)11-3-7-13(18)8-4-11/h1-8,14H,9H2,(H4,19,20,21,22)/t14-/m0/s1. The lowest BCUT2D eigenvalue weighted by Gasteiger charge is -2.17. The molecule has 0 unspecified atom stereocenters. The molecule has 0 aliphatic rings. The number of nitrogens with two attached hydrogens (primary N) is 1. The molecule has 2 aromatic rings. The van der Waals surface area contributed by atoms with E-state index in [0.717, 1.165) is 5.56 Å². The van der Waals surface area contributed by atoms with Gasteiger partial charge in [-0.3, -0.25) is 15.5 Å². The second-order valence-corrected chi connectivity index (χ2v) is 4.84. The van der Waals surface area contributed by atoms with Gasteiger partial charge in [-0.25, -0.2) is 8.78 Å². The molecule has 4 N–H and O–H groups in total. The highest BCUT2D eigenvalue weighted by Gasteiger charge is 2.21. The fourth-order valence-electron chi connectivity index (χ4n) is 2.13. The Bertz CT molecular complexity index is 669. The lowest BCUT2D eigenvalue weighted by molar-refractivity contribution is -0.121. The van der Waals surface area contributed by atoms with Crippen molar-refractivity contribution in [2.45, 2.75) is 12.3 Å². The van der Waals surface area contributed by atoms with Crippen LogP contribution in [0.25, 0.3) is 0 Å². The van der Waals surface area contributed by atoms with Gasteiger partial charge in [0.1, 0.15) is 11.6 Å². The molecule has 4 nitrogen and oxygen atoms in total. The third-order valence-electron chi connectivity index (χ3n) is 3.20. The summed E-state index contributed by atoms with van der Waals surface area (Å²) in [6.45, 7) is 0. The van der Waals surface area contributed by atoms with Gasteiger partial charge in [0.05, 0.1) is 5.92 Å². The topological polar surface area (TPSA) is 79.0 Å². The molecule has 0 heterocycles. The minimum atomic E-state index is -0.657. The van der Waals surface area contributed by atoms with Crippen molar-refractivity contribution in [3.63, 3.8) is 0 Å². The molecule has 6 heteroatoms. The molecule has 0 radical (unpaired) electrons. The molecule has 2 aromatic carbocycles. The first-order chi connectivity index (χ1) is 10.5. The smallest absolute Gasteiger partial charge is 0.234 e. The van der Waals surface area contributed by atoms with Crippen LogP contribution >= 0.6 is 0 Å². The molecule has 0 aliphatic carbocycles. The van der Waals surface area contributed by atoms with E-state index < -0.39 is 23.6 Å². The molecule has 0 saturated heterocycles. The van der Waals surface area contributed by atoms with Gasteiger partial charge in [-0.1, -0.05) is 24.3 Å². The van der Waals surface area contributed by atoms with Gasteiger partial charge in [0, 0.05) is 0 Å². The van der Waals surface area contributed by atoms with Crippen LogP contribution < -0.4 is 11.1 Å². The molecule has 22 heavy (non-hydrogen) atoms.